The summed E-state index contributed by atoms with van der Waals surface area (Å²) in [4.78, 5) is 32.0. The number of carbonyl (C=O) groups excluding carboxylic acids is 1. The zero-order chi connectivity index (χ0) is 17.8. The molecule has 1 amide bonds. The summed E-state index contributed by atoms with van der Waals surface area (Å²) in [5.41, 5.74) is 0.794. The van der Waals surface area contributed by atoms with Gasteiger partial charge in [-0.15, -0.1) is 0 Å². The Morgan fingerprint density at radius 3 is 1.87 bits per heavy atom. The predicted molar refractivity (Wildman–Crippen MR) is 84.7 cm³/mol. The van der Waals surface area contributed by atoms with E-state index in [1.165, 1.54) is 0 Å². The average Bonchev–Trinajstić information content (AvgIpc) is 2.53. The second kappa shape index (κ2) is 11.0. The maximum absolute atomic E-state index is 11.7. The van der Waals surface area contributed by atoms with Crippen LogP contribution in [0.1, 0.15) is 13.8 Å². The number of aliphatic carboxylic acids is 2. The number of ether oxygens (including phenoxy) is 1. The van der Waals surface area contributed by atoms with Gasteiger partial charge in [-0.05, 0) is 37.4 Å². The molecule has 0 saturated carbocycles. The Morgan fingerprint density at radius 1 is 1.04 bits per heavy atom. The number of nitrogens with one attached hydrogen (secondary N) is 1. The molecule has 0 aliphatic carbocycles. The Labute approximate surface area is 134 Å². The van der Waals surface area contributed by atoms with E-state index < -0.39 is 11.9 Å². The van der Waals surface area contributed by atoms with Crippen molar-refractivity contribution in [2.24, 2.45) is 0 Å². The van der Waals surface area contributed by atoms with E-state index in [9.17, 15) is 4.79 Å². The first-order chi connectivity index (χ1) is 10.8. The number of carbonyl (C=O) groups is 3. The van der Waals surface area contributed by atoms with Gasteiger partial charge in [-0.2, -0.15) is 0 Å². The van der Waals surface area contributed by atoms with Crippen molar-refractivity contribution in [3.63, 3.8) is 0 Å². The standard InChI is InChI=1S/C13H20N2O2.C2H2O4/c1-4-15(5-2)10-13(16)14-11-6-8-12(17-3)9-7-11;3-1(4)2(5)6/h6-9H,4-5,10H2,1-3H3,(H,14,16);(H,3,4)(H,5,6). The largest absolute Gasteiger partial charge is 0.497 e. The highest BCUT2D eigenvalue weighted by Crippen LogP contribution is 2.14. The topological polar surface area (TPSA) is 116 Å². The maximum Gasteiger partial charge on any atom is 0.414 e. The lowest BCUT2D eigenvalue weighted by molar-refractivity contribution is -0.159. The number of hydrogen-bond acceptors (Lipinski definition) is 5. The molecule has 23 heavy (non-hydrogen) atoms. The zero-order valence-corrected chi connectivity index (χ0v) is 13.4. The maximum atomic E-state index is 11.7. The number of carboxylic acid groups (broad SMARTS) is 2. The number of likely N-dealkylation sites (N-methyl/N-ethyl adjacent to an activating group) is 1. The molecule has 8 heteroatoms. The van der Waals surface area contributed by atoms with E-state index in [1.807, 2.05) is 38.1 Å². The highest BCUT2D eigenvalue weighted by Gasteiger charge is 2.07. The van der Waals surface area contributed by atoms with Gasteiger partial charge in [0, 0.05) is 5.69 Å². The summed E-state index contributed by atoms with van der Waals surface area (Å²) in [6, 6.07) is 7.32. The van der Waals surface area contributed by atoms with Crippen molar-refractivity contribution in [2.45, 2.75) is 13.8 Å². The lowest BCUT2D eigenvalue weighted by atomic mass is 10.3. The number of anilines is 1. The molecule has 0 aliphatic heterocycles. The Morgan fingerprint density at radius 2 is 1.52 bits per heavy atom. The van der Waals surface area contributed by atoms with Crippen LogP contribution in [0.4, 0.5) is 5.69 Å². The number of hydrogen-bond donors (Lipinski definition) is 3. The molecular weight excluding hydrogens is 304 g/mol. The van der Waals surface area contributed by atoms with Gasteiger partial charge in [0.25, 0.3) is 0 Å². The molecule has 0 unspecified atom stereocenters. The normalized spacial score (nSPS) is 9.57. The number of nitrogens with zero attached hydrogens (tertiary/aromatic N) is 1. The number of rotatable bonds is 6. The molecule has 1 aromatic carbocycles. The lowest BCUT2D eigenvalue weighted by Gasteiger charge is -2.17. The first-order valence-electron chi connectivity index (χ1n) is 6.96. The van der Waals surface area contributed by atoms with Crippen molar-refractivity contribution in [1.82, 2.24) is 4.90 Å². The summed E-state index contributed by atoms with van der Waals surface area (Å²) in [5.74, 6) is -2.85. The van der Waals surface area contributed by atoms with Gasteiger partial charge in [-0.1, -0.05) is 13.8 Å². The second-order valence-electron chi connectivity index (χ2n) is 4.35. The van der Waals surface area contributed by atoms with E-state index in [4.69, 9.17) is 24.5 Å². The Kier molecular flexibility index (Phi) is 9.77. The van der Waals surface area contributed by atoms with Gasteiger partial charge in [0.1, 0.15) is 5.75 Å². The van der Waals surface area contributed by atoms with E-state index in [2.05, 4.69) is 10.2 Å². The van der Waals surface area contributed by atoms with Gasteiger partial charge in [-0.25, -0.2) is 9.59 Å². The average molecular weight is 326 g/mol. The molecule has 0 spiro atoms. The molecule has 0 aliphatic rings. The summed E-state index contributed by atoms with van der Waals surface area (Å²) < 4.78 is 5.05. The van der Waals surface area contributed by atoms with Crippen LogP contribution in [0.2, 0.25) is 0 Å². The van der Waals surface area contributed by atoms with Crippen molar-refractivity contribution in [3.8, 4) is 5.75 Å². The number of benzene rings is 1. The van der Waals surface area contributed by atoms with Crippen LogP contribution in [0.15, 0.2) is 24.3 Å². The first kappa shape index (κ1) is 20.4. The van der Waals surface area contributed by atoms with E-state index in [0.29, 0.717) is 6.54 Å². The van der Waals surface area contributed by atoms with Crippen LogP contribution in [0.25, 0.3) is 0 Å². The summed E-state index contributed by atoms with van der Waals surface area (Å²) in [6.07, 6.45) is 0. The smallest absolute Gasteiger partial charge is 0.414 e. The third kappa shape index (κ3) is 9.10. The molecule has 0 atom stereocenters. The molecular formula is C15H22N2O6. The minimum absolute atomic E-state index is 0.0128. The monoisotopic (exact) mass is 326 g/mol. The van der Waals surface area contributed by atoms with Gasteiger partial charge < -0.3 is 20.3 Å². The molecule has 1 rings (SSSR count). The molecule has 0 bridgehead atoms. The summed E-state index contributed by atoms with van der Waals surface area (Å²) in [7, 11) is 1.62. The van der Waals surface area contributed by atoms with Crippen LogP contribution in [0.5, 0.6) is 5.75 Å². The fraction of sp³-hybridized carbons (Fsp3) is 0.400. The van der Waals surface area contributed by atoms with Crippen LogP contribution >= 0.6 is 0 Å². The Balaban J connectivity index is 0.000000688. The van der Waals surface area contributed by atoms with Crippen molar-refractivity contribution >= 4 is 23.5 Å². The van der Waals surface area contributed by atoms with Crippen molar-refractivity contribution < 1.29 is 29.3 Å². The fourth-order valence-corrected chi connectivity index (χ4v) is 1.53. The summed E-state index contributed by atoms with van der Waals surface area (Å²) in [5, 5.41) is 17.6. The highest BCUT2D eigenvalue weighted by molar-refractivity contribution is 6.27. The van der Waals surface area contributed by atoms with Gasteiger partial charge >= 0.3 is 11.9 Å². The minimum atomic E-state index is -1.82. The predicted octanol–water partition coefficient (Wildman–Crippen LogP) is 1.13. The summed E-state index contributed by atoms with van der Waals surface area (Å²) >= 11 is 0. The van der Waals surface area contributed by atoms with Crippen molar-refractivity contribution in [1.29, 1.82) is 0 Å². The number of carboxylic acids is 2. The zero-order valence-electron chi connectivity index (χ0n) is 13.4. The number of methoxy groups -OCH3 is 1. The number of amides is 1. The molecule has 8 nitrogen and oxygen atoms in total. The van der Waals surface area contributed by atoms with Gasteiger partial charge in [0.05, 0.1) is 13.7 Å². The van der Waals surface area contributed by atoms with Crippen LogP contribution < -0.4 is 10.1 Å². The molecule has 0 saturated heterocycles. The van der Waals surface area contributed by atoms with Crippen LogP contribution in [0.3, 0.4) is 0 Å². The quantitative estimate of drug-likeness (QED) is 0.671. The van der Waals surface area contributed by atoms with Crippen LogP contribution in [-0.2, 0) is 14.4 Å². The first-order valence-corrected chi connectivity index (χ1v) is 6.96. The summed E-state index contributed by atoms with van der Waals surface area (Å²) in [6.45, 7) is 6.28. The Bertz CT molecular complexity index is 499. The van der Waals surface area contributed by atoms with E-state index >= 15 is 0 Å². The molecule has 0 radical (unpaired) electrons. The molecule has 0 heterocycles. The van der Waals surface area contributed by atoms with E-state index in [0.717, 1.165) is 24.5 Å². The molecule has 3 N–H and O–H groups in total. The molecule has 0 fully saturated rings. The fourth-order valence-electron chi connectivity index (χ4n) is 1.53. The minimum Gasteiger partial charge on any atom is -0.497 e. The van der Waals surface area contributed by atoms with E-state index in [1.54, 1.807) is 7.11 Å². The van der Waals surface area contributed by atoms with Crippen LogP contribution in [-0.4, -0.2) is 59.7 Å². The molecule has 128 valence electrons. The second-order valence-corrected chi connectivity index (χ2v) is 4.35. The third-order valence-corrected chi connectivity index (χ3v) is 2.82. The van der Waals surface area contributed by atoms with Crippen molar-refractivity contribution in [3.05, 3.63) is 24.3 Å². The molecule has 1 aromatic rings. The SMILES string of the molecule is CCN(CC)CC(=O)Nc1ccc(OC)cc1.O=C(O)C(=O)O. The van der Waals surface area contributed by atoms with Crippen molar-refractivity contribution in [2.75, 3.05) is 32.1 Å². The lowest BCUT2D eigenvalue weighted by Crippen LogP contribution is -2.32. The van der Waals surface area contributed by atoms with Crippen LogP contribution in [0, 0.1) is 0 Å². The van der Waals surface area contributed by atoms with E-state index in [-0.39, 0.29) is 5.91 Å². The van der Waals surface area contributed by atoms with Gasteiger partial charge in [0.2, 0.25) is 5.91 Å². The highest BCUT2D eigenvalue weighted by atomic mass is 16.5. The Hall–Kier alpha value is -2.61. The molecule has 0 aromatic heterocycles. The van der Waals surface area contributed by atoms with Gasteiger partial charge in [-0.3, -0.25) is 9.69 Å². The van der Waals surface area contributed by atoms with Gasteiger partial charge in [0.15, 0.2) is 0 Å². The third-order valence-electron chi connectivity index (χ3n) is 2.82.